The molecule has 0 aliphatic carbocycles. The first-order valence-electron chi connectivity index (χ1n) is 10.2. The van der Waals surface area contributed by atoms with E-state index >= 15 is 0 Å². The second-order valence-corrected chi connectivity index (χ2v) is 8.37. The van der Waals surface area contributed by atoms with Crippen LogP contribution in [0.4, 0.5) is 11.4 Å². The first kappa shape index (κ1) is 22.2. The Balaban J connectivity index is 1.48. The Hall–Kier alpha value is -3.98. The zero-order valence-electron chi connectivity index (χ0n) is 18.0. The summed E-state index contributed by atoms with van der Waals surface area (Å²) in [7, 11) is 0. The van der Waals surface area contributed by atoms with Crippen molar-refractivity contribution in [2.45, 2.75) is 19.0 Å². The third kappa shape index (κ3) is 5.27. The summed E-state index contributed by atoms with van der Waals surface area (Å²) in [6, 6.07) is 18.8. The van der Waals surface area contributed by atoms with Gasteiger partial charge in [0, 0.05) is 23.6 Å². The Morgan fingerprint density at radius 1 is 0.970 bits per heavy atom. The van der Waals surface area contributed by atoms with Crippen LogP contribution in [0.1, 0.15) is 12.5 Å². The number of benzene rings is 3. The van der Waals surface area contributed by atoms with Gasteiger partial charge in [0.1, 0.15) is 0 Å². The molecule has 0 unspecified atom stereocenters. The summed E-state index contributed by atoms with van der Waals surface area (Å²) in [5.74, 6) is -0.432. The van der Waals surface area contributed by atoms with E-state index in [1.165, 1.54) is 6.92 Å². The number of thioether (sulfide) groups is 1. The number of carbonyl (C=O) groups excluding carboxylic acids is 2. The first-order valence-corrected chi connectivity index (χ1v) is 11.2. The lowest BCUT2D eigenvalue weighted by Gasteiger charge is -2.10. The van der Waals surface area contributed by atoms with Gasteiger partial charge >= 0.3 is 0 Å². The third-order valence-electron chi connectivity index (χ3n) is 4.82. The summed E-state index contributed by atoms with van der Waals surface area (Å²) in [6.07, 6.45) is 0. The molecule has 3 N–H and O–H groups in total. The van der Waals surface area contributed by atoms with Gasteiger partial charge in [0.25, 0.3) is 5.56 Å². The SMILES string of the molecule is CC(=O)Nc1ccc(C)cc1-c1nnc(SCC(=O)Nc2cccc3ccccc23)[nH]c1=O. The van der Waals surface area contributed by atoms with Crippen LogP contribution in [-0.4, -0.2) is 32.7 Å². The van der Waals surface area contributed by atoms with Crippen molar-refractivity contribution in [3.8, 4) is 11.3 Å². The van der Waals surface area contributed by atoms with E-state index in [0.717, 1.165) is 33.8 Å². The molecular formula is C24H21N5O3S. The second kappa shape index (κ2) is 9.66. The summed E-state index contributed by atoms with van der Waals surface area (Å²) >= 11 is 1.08. The van der Waals surface area contributed by atoms with E-state index in [2.05, 4.69) is 25.8 Å². The van der Waals surface area contributed by atoms with Gasteiger partial charge in [0.2, 0.25) is 11.8 Å². The summed E-state index contributed by atoms with van der Waals surface area (Å²) in [5.41, 5.74) is 2.21. The highest BCUT2D eigenvalue weighted by atomic mass is 32.2. The Morgan fingerprint density at radius 2 is 1.76 bits per heavy atom. The number of carbonyl (C=O) groups is 2. The number of nitrogens with one attached hydrogen (secondary N) is 3. The van der Waals surface area contributed by atoms with Gasteiger partial charge in [-0.25, -0.2) is 0 Å². The van der Waals surface area contributed by atoms with Crippen molar-refractivity contribution in [2.24, 2.45) is 0 Å². The van der Waals surface area contributed by atoms with Crippen molar-refractivity contribution in [3.63, 3.8) is 0 Å². The molecule has 0 aliphatic rings. The van der Waals surface area contributed by atoms with Crippen molar-refractivity contribution in [1.29, 1.82) is 0 Å². The molecular weight excluding hydrogens is 438 g/mol. The number of H-pyrrole nitrogens is 1. The Kier molecular flexibility index (Phi) is 6.50. The van der Waals surface area contributed by atoms with Gasteiger partial charge in [0.15, 0.2) is 10.9 Å². The highest BCUT2D eigenvalue weighted by Crippen LogP contribution is 2.26. The van der Waals surface area contributed by atoms with E-state index in [9.17, 15) is 14.4 Å². The molecule has 1 aromatic heterocycles. The average molecular weight is 460 g/mol. The molecule has 0 atom stereocenters. The summed E-state index contributed by atoms with van der Waals surface area (Å²) < 4.78 is 0. The van der Waals surface area contributed by atoms with Gasteiger partial charge < -0.3 is 10.6 Å². The van der Waals surface area contributed by atoms with Crippen LogP contribution >= 0.6 is 11.8 Å². The van der Waals surface area contributed by atoms with Gasteiger partial charge in [-0.05, 0) is 30.5 Å². The van der Waals surface area contributed by atoms with Crippen LogP contribution in [0.25, 0.3) is 22.0 Å². The first-order chi connectivity index (χ1) is 15.9. The van der Waals surface area contributed by atoms with Gasteiger partial charge in [0.05, 0.1) is 11.4 Å². The van der Waals surface area contributed by atoms with Crippen LogP contribution in [0, 0.1) is 6.92 Å². The molecule has 3 aromatic carbocycles. The van der Waals surface area contributed by atoms with E-state index in [-0.39, 0.29) is 28.4 Å². The number of amides is 2. The molecule has 0 saturated carbocycles. The predicted molar refractivity (Wildman–Crippen MR) is 130 cm³/mol. The Labute approximate surface area is 193 Å². The zero-order chi connectivity index (χ0) is 23.4. The zero-order valence-corrected chi connectivity index (χ0v) is 18.8. The van der Waals surface area contributed by atoms with E-state index in [1.807, 2.05) is 55.5 Å². The molecule has 0 spiro atoms. The van der Waals surface area contributed by atoms with Crippen LogP contribution < -0.4 is 16.2 Å². The van der Waals surface area contributed by atoms with E-state index < -0.39 is 5.56 Å². The number of aromatic amines is 1. The third-order valence-corrected chi connectivity index (χ3v) is 5.68. The number of anilines is 2. The number of fused-ring (bicyclic) bond motifs is 1. The number of nitrogens with zero attached hydrogens (tertiary/aromatic N) is 2. The molecule has 0 saturated heterocycles. The molecule has 166 valence electrons. The minimum Gasteiger partial charge on any atom is -0.326 e. The van der Waals surface area contributed by atoms with Crippen LogP contribution in [0.5, 0.6) is 0 Å². The Morgan fingerprint density at radius 3 is 2.55 bits per heavy atom. The van der Waals surface area contributed by atoms with Gasteiger partial charge in [-0.3, -0.25) is 19.4 Å². The van der Waals surface area contributed by atoms with Crippen LogP contribution in [0.3, 0.4) is 0 Å². The topological polar surface area (TPSA) is 117 Å². The van der Waals surface area contributed by atoms with Gasteiger partial charge in [-0.15, -0.1) is 10.2 Å². The van der Waals surface area contributed by atoms with Crippen molar-refractivity contribution in [3.05, 3.63) is 76.6 Å². The van der Waals surface area contributed by atoms with E-state index in [1.54, 1.807) is 12.1 Å². The molecule has 8 nitrogen and oxygen atoms in total. The molecule has 0 bridgehead atoms. The van der Waals surface area contributed by atoms with Crippen molar-refractivity contribution < 1.29 is 9.59 Å². The molecule has 0 fully saturated rings. The molecule has 0 radical (unpaired) electrons. The average Bonchev–Trinajstić information content (AvgIpc) is 2.79. The summed E-state index contributed by atoms with van der Waals surface area (Å²) in [6.45, 7) is 3.27. The number of rotatable bonds is 6. The Bertz CT molecular complexity index is 1410. The minimum absolute atomic E-state index is 0.0504. The summed E-state index contributed by atoms with van der Waals surface area (Å²) in [5, 5.41) is 15.9. The van der Waals surface area contributed by atoms with Crippen LogP contribution in [-0.2, 0) is 9.59 Å². The fourth-order valence-corrected chi connectivity index (χ4v) is 3.97. The van der Waals surface area contributed by atoms with E-state index in [0.29, 0.717) is 11.3 Å². The molecule has 4 rings (SSSR count). The minimum atomic E-state index is -0.459. The van der Waals surface area contributed by atoms with Crippen LogP contribution in [0.15, 0.2) is 70.6 Å². The number of hydrogen-bond donors (Lipinski definition) is 3. The van der Waals surface area contributed by atoms with Crippen molar-refractivity contribution in [1.82, 2.24) is 15.2 Å². The monoisotopic (exact) mass is 459 g/mol. The van der Waals surface area contributed by atoms with Crippen molar-refractivity contribution >= 4 is 45.7 Å². The number of aryl methyl sites for hydroxylation is 1. The summed E-state index contributed by atoms with van der Waals surface area (Å²) in [4.78, 5) is 39.3. The smallest absolute Gasteiger partial charge is 0.278 e. The highest BCUT2D eigenvalue weighted by Gasteiger charge is 2.15. The number of hydrogen-bond acceptors (Lipinski definition) is 6. The lowest BCUT2D eigenvalue weighted by Crippen LogP contribution is -2.18. The maximum Gasteiger partial charge on any atom is 0.278 e. The fourth-order valence-electron chi connectivity index (χ4n) is 3.37. The largest absolute Gasteiger partial charge is 0.326 e. The van der Waals surface area contributed by atoms with Gasteiger partial charge in [-0.2, -0.15) is 0 Å². The maximum atomic E-state index is 12.7. The second-order valence-electron chi connectivity index (χ2n) is 7.40. The molecule has 33 heavy (non-hydrogen) atoms. The van der Waals surface area contributed by atoms with Gasteiger partial charge in [-0.1, -0.05) is 59.8 Å². The lowest BCUT2D eigenvalue weighted by molar-refractivity contribution is -0.114. The standard InChI is InChI=1S/C24H21N5O3S/c1-14-10-11-20(25-15(2)30)18(12-14)22-23(32)27-24(29-28-22)33-13-21(31)26-19-9-5-7-16-6-3-4-8-17(16)19/h3-12H,13H2,1-2H3,(H,25,30)(H,26,31)(H,27,29,32). The van der Waals surface area contributed by atoms with Crippen molar-refractivity contribution in [2.75, 3.05) is 16.4 Å². The normalized spacial score (nSPS) is 10.7. The van der Waals surface area contributed by atoms with Crippen LogP contribution in [0.2, 0.25) is 0 Å². The fraction of sp³-hybridized carbons (Fsp3) is 0.125. The molecule has 1 heterocycles. The van der Waals surface area contributed by atoms with E-state index in [4.69, 9.17) is 0 Å². The number of aromatic nitrogens is 3. The highest BCUT2D eigenvalue weighted by molar-refractivity contribution is 7.99. The molecule has 2 amide bonds. The quantitative estimate of drug-likeness (QED) is 0.376. The lowest BCUT2D eigenvalue weighted by atomic mass is 10.1. The maximum absolute atomic E-state index is 12.7. The molecule has 9 heteroatoms. The molecule has 4 aromatic rings. The predicted octanol–water partition coefficient (Wildman–Crippen LogP) is 3.98. The molecule has 0 aliphatic heterocycles.